The molecule has 2 saturated carbocycles. The summed E-state index contributed by atoms with van der Waals surface area (Å²) >= 11 is 1.54. The number of amides is 2. The van der Waals surface area contributed by atoms with Crippen LogP contribution in [0, 0.1) is 5.92 Å². The van der Waals surface area contributed by atoms with Crippen LogP contribution in [0.3, 0.4) is 0 Å². The average Bonchev–Trinajstić information content (AvgIpc) is 3.97. The molecule has 2 amide bonds. The number of aromatic nitrogens is 2. The van der Waals surface area contributed by atoms with E-state index in [2.05, 4.69) is 14.8 Å². The summed E-state index contributed by atoms with van der Waals surface area (Å²) in [6, 6.07) is 9.10. The van der Waals surface area contributed by atoms with Crippen LogP contribution in [0.5, 0.6) is 23.0 Å². The zero-order valence-electron chi connectivity index (χ0n) is 25.6. The molecule has 7 rings (SSSR count). The van der Waals surface area contributed by atoms with Crippen molar-refractivity contribution in [3.8, 4) is 34.3 Å². The summed E-state index contributed by atoms with van der Waals surface area (Å²) in [6.45, 7) is 1.74. The van der Waals surface area contributed by atoms with Gasteiger partial charge in [0.05, 0.1) is 42.1 Å². The van der Waals surface area contributed by atoms with Crippen LogP contribution < -0.4 is 30.0 Å². The Balaban J connectivity index is 1.24. The Morgan fingerprint density at radius 3 is 2.57 bits per heavy atom. The minimum absolute atomic E-state index is 0.153. The summed E-state index contributed by atoms with van der Waals surface area (Å²) in [4.78, 5) is 35.2. The first kappa shape index (κ1) is 31.1. The van der Waals surface area contributed by atoms with Gasteiger partial charge in [0.15, 0.2) is 11.5 Å². The maximum atomic E-state index is 13.8. The number of aliphatic hydroxyl groups is 1. The van der Waals surface area contributed by atoms with Gasteiger partial charge in [-0.1, -0.05) is 0 Å². The normalized spacial score (nSPS) is 17.7. The number of rotatable bonds is 12. The van der Waals surface area contributed by atoms with E-state index in [4.69, 9.17) is 25.2 Å². The van der Waals surface area contributed by atoms with E-state index in [0.717, 1.165) is 22.5 Å². The van der Waals surface area contributed by atoms with Crippen LogP contribution >= 0.6 is 11.3 Å². The van der Waals surface area contributed by atoms with Crippen LogP contribution in [-0.4, -0.2) is 53.4 Å². The topological polar surface area (TPSA) is 155 Å². The Hall–Kier alpha value is -4.56. The van der Waals surface area contributed by atoms with Crippen molar-refractivity contribution in [2.24, 2.45) is 11.7 Å². The highest BCUT2D eigenvalue weighted by molar-refractivity contribution is 7.18. The molecule has 14 heteroatoms. The van der Waals surface area contributed by atoms with Crippen LogP contribution in [0.15, 0.2) is 36.4 Å². The molecule has 1 atom stereocenters. The van der Waals surface area contributed by atoms with Gasteiger partial charge in [0, 0.05) is 22.6 Å². The number of nitrogens with two attached hydrogens (primary N) is 1. The Kier molecular flexibility index (Phi) is 7.66. The molecule has 0 bridgehead atoms. The van der Waals surface area contributed by atoms with Crippen molar-refractivity contribution in [2.45, 2.75) is 56.8 Å². The summed E-state index contributed by atoms with van der Waals surface area (Å²) in [5, 5.41) is 16.1. The van der Waals surface area contributed by atoms with Gasteiger partial charge < -0.3 is 35.1 Å². The molecule has 2 aliphatic carbocycles. The molecule has 2 fully saturated rings. The zero-order valence-corrected chi connectivity index (χ0v) is 26.4. The van der Waals surface area contributed by atoms with E-state index in [1.54, 1.807) is 36.5 Å². The number of primary amides is 1. The molecular formula is C33H32F2N4O7S. The molecule has 0 saturated heterocycles. The van der Waals surface area contributed by atoms with E-state index in [-0.39, 0.29) is 54.1 Å². The zero-order chi connectivity index (χ0) is 33.1. The Labute approximate surface area is 272 Å². The summed E-state index contributed by atoms with van der Waals surface area (Å²) < 4.78 is 49.1. The van der Waals surface area contributed by atoms with Crippen molar-refractivity contribution >= 4 is 33.4 Å². The number of benzene rings is 2. The number of ether oxygens (including phenoxy) is 4. The first-order valence-electron chi connectivity index (χ1n) is 15.3. The number of fused-ring (bicyclic) bond motifs is 2. The highest BCUT2D eigenvalue weighted by Gasteiger charge is 2.47. The summed E-state index contributed by atoms with van der Waals surface area (Å²) in [7, 11) is 1.53. The van der Waals surface area contributed by atoms with Gasteiger partial charge in [-0.05, 0) is 74.9 Å². The first-order valence-corrected chi connectivity index (χ1v) is 16.1. The predicted molar refractivity (Wildman–Crippen MR) is 167 cm³/mol. The number of alkyl halides is 2. The second kappa shape index (κ2) is 11.6. The Morgan fingerprint density at radius 1 is 1.13 bits per heavy atom. The number of hydrogen-bond donors (Lipinski definition) is 3. The second-order valence-electron chi connectivity index (χ2n) is 12.0. The molecule has 3 heterocycles. The molecule has 47 heavy (non-hydrogen) atoms. The number of nitrogens with zero attached hydrogens (tertiary/aromatic N) is 2. The molecule has 3 aliphatic rings. The quantitative estimate of drug-likeness (QED) is 0.189. The SMILES string of the molecule is CCOc1c(CC(N)=O)cc([C@@](O)(CNC(=O)c2cc(OC)c3nc(C4CC4)sc3c2)C2CC2)nc1-c1ccc2c(c1)OC(F)(F)O2. The lowest BCUT2D eigenvalue weighted by Crippen LogP contribution is -2.43. The molecule has 0 radical (unpaired) electrons. The Bertz CT molecular complexity index is 1910. The molecule has 11 nitrogen and oxygen atoms in total. The minimum Gasteiger partial charge on any atom is -0.494 e. The fourth-order valence-corrected chi connectivity index (χ4v) is 7.05. The number of halogens is 2. The van der Waals surface area contributed by atoms with Crippen molar-refractivity contribution in [2.75, 3.05) is 20.3 Å². The van der Waals surface area contributed by atoms with Crippen LogP contribution in [-0.2, 0) is 16.8 Å². The lowest BCUT2D eigenvalue weighted by Gasteiger charge is -2.30. The summed E-state index contributed by atoms with van der Waals surface area (Å²) in [5.74, 6) is -0.543. The fraction of sp³-hybridized carbons (Fsp3) is 0.394. The monoisotopic (exact) mass is 666 g/mol. The highest BCUT2D eigenvalue weighted by Crippen LogP contribution is 2.49. The van der Waals surface area contributed by atoms with Gasteiger partial charge in [-0.25, -0.2) is 9.97 Å². The van der Waals surface area contributed by atoms with Gasteiger partial charge in [-0.2, -0.15) is 0 Å². The summed E-state index contributed by atoms with van der Waals surface area (Å²) in [5.41, 5.74) is 6.02. The minimum atomic E-state index is -3.82. The Morgan fingerprint density at radius 2 is 1.89 bits per heavy atom. The van der Waals surface area contributed by atoms with Gasteiger partial charge in [0.1, 0.15) is 28.3 Å². The number of thiazole rings is 1. The van der Waals surface area contributed by atoms with Gasteiger partial charge in [0.25, 0.3) is 5.91 Å². The molecule has 246 valence electrons. The van der Waals surface area contributed by atoms with Crippen LogP contribution in [0.4, 0.5) is 8.78 Å². The third-order valence-corrected chi connectivity index (χ3v) is 9.64. The van der Waals surface area contributed by atoms with Crippen LogP contribution in [0.2, 0.25) is 0 Å². The third kappa shape index (κ3) is 6.02. The second-order valence-corrected chi connectivity index (χ2v) is 13.0. The molecule has 4 aromatic rings. The number of hydrogen-bond acceptors (Lipinski definition) is 10. The van der Waals surface area contributed by atoms with E-state index >= 15 is 0 Å². The maximum Gasteiger partial charge on any atom is 0.586 e. The molecule has 1 aliphatic heterocycles. The predicted octanol–water partition coefficient (Wildman–Crippen LogP) is 5.02. The highest BCUT2D eigenvalue weighted by atomic mass is 32.1. The van der Waals surface area contributed by atoms with Gasteiger partial charge >= 0.3 is 6.29 Å². The molecule has 4 N–H and O–H groups in total. The number of methoxy groups -OCH3 is 1. The van der Waals surface area contributed by atoms with Crippen molar-refractivity contribution < 1.29 is 42.4 Å². The average molecular weight is 667 g/mol. The third-order valence-electron chi connectivity index (χ3n) is 8.48. The number of carbonyl (C=O) groups excluding carboxylic acids is 2. The first-order chi connectivity index (χ1) is 22.5. The largest absolute Gasteiger partial charge is 0.586 e. The van der Waals surface area contributed by atoms with Gasteiger partial charge in [0.2, 0.25) is 5.91 Å². The lowest BCUT2D eigenvalue weighted by atomic mass is 9.90. The van der Waals surface area contributed by atoms with E-state index in [1.807, 2.05) is 0 Å². The smallest absolute Gasteiger partial charge is 0.494 e. The molecule has 2 aromatic carbocycles. The lowest BCUT2D eigenvalue weighted by molar-refractivity contribution is -0.286. The number of pyridine rings is 1. The number of carbonyl (C=O) groups is 2. The van der Waals surface area contributed by atoms with Crippen LogP contribution in [0.25, 0.3) is 21.5 Å². The van der Waals surface area contributed by atoms with E-state index in [9.17, 15) is 23.5 Å². The van der Waals surface area contributed by atoms with Crippen molar-refractivity contribution in [3.63, 3.8) is 0 Å². The van der Waals surface area contributed by atoms with Gasteiger partial charge in [-0.3, -0.25) is 9.59 Å². The van der Waals surface area contributed by atoms with E-state index < -0.39 is 23.7 Å². The maximum absolute atomic E-state index is 13.8. The summed E-state index contributed by atoms with van der Waals surface area (Å²) in [6.07, 6.45) is -0.527. The van der Waals surface area contributed by atoms with E-state index in [0.29, 0.717) is 46.7 Å². The molecule has 0 spiro atoms. The molecular weight excluding hydrogens is 634 g/mol. The van der Waals surface area contributed by atoms with Crippen molar-refractivity contribution in [1.82, 2.24) is 15.3 Å². The number of nitrogens with one attached hydrogen (secondary N) is 1. The van der Waals surface area contributed by atoms with E-state index in [1.165, 1.54) is 25.3 Å². The molecule has 2 aromatic heterocycles. The van der Waals surface area contributed by atoms with Crippen LogP contribution in [0.1, 0.15) is 65.1 Å². The van der Waals surface area contributed by atoms with Gasteiger partial charge in [-0.15, -0.1) is 20.1 Å². The van der Waals surface area contributed by atoms with Crippen molar-refractivity contribution in [1.29, 1.82) is 0 Å². The fourth-order valence-electron chi connectivity index (χ4n) is 5.85. The standard InChI is InChI=1S/C33H32F2N4O7S/c1-3-44-29-18(14-26(36)40)13-25(38-27(29)17-6-9-21-22(10-17)46-33(34,35)45-21)32(42,20-7-8-20)15-37-30(41)19-11-23(43-2)28-24(12-19)47-31(39-28)16-4-5-16/h6,9-13,16,20,42H,3-5,7-8,14-15H2,1-2H3,(H2,36,40)(H,37,41)/t32-/m1/s1. The molecule has 0 unspecified atom stereocenters. The van der Waals surface area contributed by atoms with Crippen molar-refractivity contribution in [3.05, 3.63) is 58.2 Å².